The number of ether oxygens (including phenoxy) is 1. The van der Waals surface area contributed by atoms with E-state index in [1.165, 1.54) is 9.80 Å². The third-order valence-electron chi connectivity index (χ3n) is 7.01. The van der Waals surface area contributed by atoms with E-state index in [-0.39, 0.29) is 24.0 Å². The summed E-state index contributed by atoms with van der Waals surface area (Å²) >= 11 is 0. The number of nitrogens with zero attached hydrogens (tertiary/aromatic N) is 2. The van der Waals surface area contributed by atoms with Crippen LogP contribution in [0, 0.1) is 0 Å². The Morgan fingerprint density at radius 1 is 1.15 bits per heavy atom. The molecule has 172 valence electrons. The number of amides is 2. The minimum Gasteiger partial charge on any atom is -0.503 e. The molecule has 34 heavy (non-hydrogen) atoms. The van der Waals surface area contributed by atoms with Gasteiger partial charge in [-0.2, -0.15) is 0 Å². The van der Waals surface area contributed by atoms with E-state index in [0.29, 0.717) is 28.8 Å². The molecule has 0 aliphatic carbocycles. The highest BCUT2D eigenvalue weighted by molar-refractivity contribution is 6.26. The summed E-state index contributed by atoms with van der Waals surface area (Å²) in [6, 6.07) is 15.7. The van der Waals surface area contributed by atoms with Gasteiger partial charge < -0.3 is 24.1 Å². The lowest BCUT2D eigenvalue weighted by atomic mass is 9.81. The number of likely N-dealkylation sites (N-methyl/N-ethyl adjacent to an activating group) is 1. The third kappa shape index (κ3) is 2.60. The Hall–Kier alpha value is -3.91. The molecule has 1 aromatic heterocycles. The number of Topliss-reactive ketones (excluding diaryl/α,β-unsaturated/α-hetero) is 1. The summed E-state index contributed by atoms with van der Waals surface area (Å²) < 4.78 is 11.5. The molecule has 6 rings (SSSR count). The summed E-state index contributed by atoms with van der Waals surface area (Å²) in [5.41, 5.74) is -0.541. The van der Waals surface area contributed by atoms with Crippen LogP contribution in [-0.2, 0) is 19.9 Å². The third-order valence-corrected chi connectivity index (χ3v) is 7.01. The van der Waals surface area contributed by atoms with E-state index in [0.717, 1.165) is 12.8 Å². The lowest BCUT2D eigenvalue weighted by molar-refractivity contribution is -0.141. The number of carbonyl (C=O) groups excluding carboxylic acids is 3. The van der Waals surface area contributed by atoms with Crippen LogP contribution in [0.2, 0.25) is 0 Å². The highest BCUT2D eigenvalue weighted by Gasteiger charge is 2.65. The minimum atomic E-state index is -1.80. The summed E-state index contributed by atoms with van der Waals surface area (Å²) in [6.45, 7) is 0.641. The maximum atomic E-state index is 13.9. The van der Waals surface area contributed by atoms with Crippen LogP contribution in [0.15, 0.2) is 70.3 Å². The van der Waals surface area contributed by atoms with Crippen molar-refractivity contribution in [2.24, 2.45) is 0 Å². The molecule has 2 unspecified atom stereocenters. The summed E-state index contributed by atoms with van der Waals surface area (Å²) in [7, 11) is 1.60. The van der Waals surface area contributed by atoms with Crippen LogP contribution >= 0.6 is 0 Å². The molecular weight excluding hydrogens is 436 g/mol. The van der Waals surface area contributed by atoms with Crippen molar-refractivity contribution >= 4 is 34.3 Å². The van der Waals surface area contributed by atoms with Crippen molar-refractivity contribution < 1.29 is 28.6 Å². The topological polar surface area (TPSA) is 100 Å². The number of rotatable bonds is 4. The molecule has 1 saturated heterocycles. The number of fused-ring (bicyclic) bond motifs is 3. The van der Waals surface area contributed by atoms with Gasteiger partial charge in [-0.3, -0.25) is 14.4 Å². The van der Waals surface area contributed by atoms with Crippen molar-refractivity contribution in [2.75, 3.05) is 25.1 Å². The molecule has 1 spiro atoms. The number of para-hydroxylation sites is 2. The molecule has 2 atom stereocenters. The second-order valence-corrected chi connectivity index (χ2v) is 8.84. The largest absolute Gasteiger partial charge is 0.503 e. The van der Waals surface area contributed by atoms with Gasteiger partial charge >= 0.3 is 0 Å². The first-order valence-corrected chi connectivity index (χ1v) is 11.2. The Kier molecular flexibility index (Phi) is 4.44. The van der Waals surface area contributed by atoms with E-state index in [4.69, 9.17) is 9.15 Å². The smallest absolute Gasteiger partial charge is 0.290 e. The maximum absolute atomic E-state index is 13.9. The number of hydrogen-bond donors (Lipinski definition) is 1. The van der Waals surface area contributed by atoms with Crippen molar-refractivity contribution in [3.05, 3.63) is 77.3 Å². The number of anilines is 1. The van der Waals surface area contributed by atoms with Crippen LogP contribution in [0.3, 0.4) is 0 Å². The van der Waals surface area contributed by atoms with Crippen molar-refractivity contribution in [1.29, 1.82) is 0 Å². The van der Waals surface area contributed by atoms with Crippen LogP contribution in [-0.4, -0.2) is 53.9 Å². The summed E-state index contributed by atoms with van der Waals surface area (Å²) in [6.07, 6.45) is 1.27. The molecule has 0 bridgehead atoms. The average Bonchev–Trinajstić information content (AvgIpc) is 3.61. The second-order valence-electron chi connectivity index (χ2n) is 8.84. The van der Waals surface area contributed by atoms with E-state index < -0.39 is 28.9 Å². The average molecular weight is 458 g/mol. The van der Waals surface area contributed by atoms with Gasteiger partial charge in [0.15, 0.2) is 17.1 Å². The fraction of sp³-hybridized carbons (Fsp3) is 0.269. The van der Waals surface area contributed by atoms with E-state index in [9.17, 15) is 19.5 Å². The first kappa shape index (κ1) is 20.7. The zero-order valence-corrected chi connectivity index (χ0v) is 18.5. The SMILES string of the molecule is CN1C(=O)C2(C(C(=O)c3cc4ccccc4o3)=C(O)C(=O)N2CC2CCCO2)c2ccccc21. The standard InChI is InChI=1S/C26H22N2O6/c1-27-18-10-4-3-9-17(18)26(25(27)32)21(22(29)20-13-15-7-2-5-11-19(15)34-20)23(30)24(31)28(26)14-16-8-6-12-33-16/h2-5,7,9-11,13,16,30H,6,8,12,14H2,1H3. The molecule has 8 nitrogen and oxygen atoms in total. The normalized spacial score (nSPS) is 24.2. The van der Waals surface area contributed by atoms with Gasteiger partial charge in [0, 0.05) is 36.8 Å². The Labute approximate surface area is 195 Å². The maximum Gasteiger partial charge on any atom is 0.290 e. The number of aliphatic hydroxyl groups excluding tert-OH is 1. The van der Waals surface area contributed by atoms with Gasteiger partial charge in [-0.05, 0) is 31.0 Å². The lowest BCUT2D eigenvalue weighted by Gasteiger charge is -2.36. The second kappa shape index (κ2) is 7.30. The Morgan fingerprint density at radius 3 is 2.68 bits per heavy atom. The molecule has 3 aliphatic heterocycles. The molecule has 1 N–H and O–H groups in total. The van der Waals surface area contributed by atoms with E-state index in [1.54, 1.807) is 55.6 Å². The van der Waals surface area contributed by atoms with Crippen LogP contribution in [0.4, 0.5) is 5.69 Å². The van der Waals surface area contributed by atoms with Gasteiger partial charge in [0.05, 0.1) is 11.7 Å². The summed E-state index contributed by atoms with van der Waals surface area (Å²) in [4.78, 5) is 44.0. The predicted molar refractivity (Wildman–Crippen MR) is 122 cm³/mol. The fourth-order valence-corrected chi connectivity index (χ4v) is 5.44. The van der Waals surface area contributed by atoms with Crippen molar-refractivity contribution in [3.8, 4) is 0 Å². The molecule has 2 amide bonds. The molecule has 1 fully saturated rings. The number of ketones is 1. The van der Waals surface area contributed by atoms with Gasteiger partial charge in [0.2, 0.25) is 5.78 Å². The molecule has 3 aromatic rings. The minimum absolute atomic E-state index is 0.0475. The van der Waals surface area contributed by atoms with E-state index in [2.05, 4.69) is 0 Å². The fourth-order valence-electron chi connectivity index (χ4n) is 5.44. The number of aliphatic hydroxyl groups is 1. The van der Waals surface area contributed by atoms with E-state index in [1.807, 2.05) is 6.07 Å². The van der Waals surface area contributed by atoms with Gasteiger partial charge in [-0.25, -0.2) is 0 Å². The van der Waals surface area contributed by atoms with Crippen molar-refractivity contribution in [2.45, 2.75) is 24.5 Å². The number of carbonyl (C=O) groups is 3. The highest BCUT2D eigenvalue weighted by atomic mass is 16.5. The van der Waals surface area contributed by atoms with Crippen LogP contribution in [0.5, 0.6) is 0 Å². The molecule has 0 saturated carbocycles. The Morgan fingerprint density at radius 2 is 1.91 bits per heavy atom. The molecule has 8 heteroatoms. The molecule has 2 aromatic carbocycles. The molecular formula is C26H22N2O6. The number of benzene rings is 2. The van der Waals surface area contributed by atoms with Gasteiger partial charge in [-0.1, -0.05) is 36.4 Å². The Balaban J connectivity index is 1.57. The molecule has 3 aliphatic rings. The first-order valence-electron chi connectivity index (χ1n) is 11.2. The molecule has 4 heterocycles. The summed E-state index contributed by atoms with van der Waals surface area (Å²) in [5, 5.41) is 11.8. The first-order chi connectivity index (χ1) is 16.4. The zero-order valence-electron chi connectivity index (χ0n) is 18.5. The highest BCUT2D eigenvalue weighted by Crippen LogP contribution is 2.53. The van der Waals surface area contributed by atoms with Crippen molar-refractivity contribution in [1.82, 2.24) is 4.90 Å². The van der Waals surface area contributed by atoms with E-state index >= 15 is 0 Å². The quantitative estimate of drug-likeness (QED) is 0.602. The Bertz CT molecular complexity index is 1370. The van der Waals surface area contributed by atoms with Crippen LogP contribution in [0.1, 0.15) is 29.0 Å². The lowest BCUT2D eigenvalue weighted by Crippen LogP contribution is -2.55. The number of furan rings is 1. The van der Waals surface area contributed by atoms with Gasteiger partial charge in [0.25, 0.3) is 11.8 Å². The summed E-state index contributed by atoms with van der Waals surface area (Å²) in [5.74, 6) is -2.73. The molecule has 0 radical (unpaired) electrons. The van der Waals surface area contributed by atoms with Crippen molar-refractivity contribution in [3.63, 3.8) is 0 Å². The number of hydrogen-bond acceptors (Lipinski definition) is 6. The van der Waals surface area contributed by atoms with Crippen LogP contribution < -0.4 is 4.90 Å². The van der Waals surface area contributed by atoms with Crippen LogP contribution in [0.25, 0.3) is 11.0 Å². The monoisotopic (exact) mass is 458 g/mol. The zero-order chi connectivity index (χ0) is 23.6. The predicted octanol–water partition coefficient (Wildman–Crippen LogP) is 3.32. The van der Waals surface area contributed by atoms with Gasteiger partial charge in [-0.15, -0.1) is 0 Å². The van der Waals surface area contributed by atoms with Gasteiger partial charge in [0.1, 0.15) is 5.58 Å².